The molecule has 1 aromatic carbocycles. The fraction of sp³-hybridized carbons (Fsp3) is 0.562. The molecule has 2 saturated heterocycles. The molecule has 0 aliphatic carbocycles. The van der Waals surface area contributed by atoms with Crippen LogP contribution in [0, 0.1) is 0 Å². The minimum absolute atomic E-state index is 0.0594. The maximum absolute atomic E-state index is 12.6. The molecule has 1 aromatic rings. The largest absolute Gasteiger partial charge is 0.506 e. The van der Waals surface area contributed by atoms with Crippen molar-refractivity contribution < 1.29 is 23.1 Å². The van der Waals surface area contributed by atoms with Crippen LogP contribution in [0.4, 0.5) is 5.69 Å². The van der Waals surface area contributed by atoms with E-state index >= 15 is 0 Å². The van der Waals surface area contributed by atoms with Crippen LogP contribution in [0.5, 0.6) is 5.75 Å². The Balaban J connectivity index is 1.78. The van der Waals surface area contributed by atoms with Crippen molar-refractivity contribution in [1.82, 2.24) is 9.21 Å². The molecular formula is C16H23N3O5S. The standard InChI is InChI=1S/C16H23N3O5S/c1-18-8-9-24-15(11-18)16(21)17-13-10-12(4-5-14(13)20)25(22,23)19-6-2-3-7-19/h4-5,10,15,20H,2-3,6-9,11H2,1H3,(H,17,21). The number of anilines is 1. The third kappa shape index (κ3) is 3.95. The molecule has 0 saturated carbocycles. The number of phenols is 1. The minimum atomic E-state index is -3.62. The van der Waals surface area contributed by atoms with Crippen LogP contribution < -0.4 is 5.32 Å². The lowest BCUT2D eigenvalue weighted by Crippen LogP contribution is -2.46. The summed E-state index contributed by atoms with van der Waals surface area (Å²) in [5, 5.41) is 12.6. The fourth-order valence-corrected chi connectivity index (χ4v) is 4.55. The first-order chi connectivity index (χ1) is 11.9. The Morgan fingerprint density at radius 1 is 1.28 bits per heavy atom. The van der Waals surface area contributed by atoms with Crippen LogP contribution in [-0.2, 0) is 19.6 Å². The Morgan fingerprint density at radius 2 is 2.00 bits per heavy atom. The van der Waals surface area contributed by atoms with Gasteiger partial charge < -0.3 is 20.1 Å². The summed E-state index contributed by atoms with van der Waals surface area (Å²) in [5.41, 5.74) is 0.0714. The molecule has 0 spiro atoms. The summed E-state index contributed by atoms with van der Waals surface area (Å²) in [6, 6.07) is 3.93. The van der Waals surface area contributed by atoms with Crippen molar-refractivity contribution in [3.05, 3.63) is 18.2 Å². The maximum atomic E-state index is 12.6. The van der Waals surface area contributed by atoms with Crippen LogP contribution in [0.25, 0.3) is 0 Å². The highest BCUT2D eigenvalue weighted by atomic mass is 32.2. The number of rotatable bonds is 4. The lowest BCUT2D eigenvalue weighted by molar-refractivity contribution is -0.132. The number of hydrogen-bond acceptors (Lipinski definition) is 6. The quantitative estimate of drug-likeness (QED) is 0.748. The molecule has 2 heterocycles. The second-order valence-electron chi connectivity index (χ2n) is 6.40. The second kappa shape index (κ2) is 7.28. The monoisotopic (exact) mass is 369 g/mol. The Bertz CT molecular complexity index is 746. The lowest BCUT2D eigenvalue weighted by atomic mass is 10.2. The third-order valence-electron chi connectivity index (χ3n) is 4.49. The van der Waals surface area contributed by atoms with E-state index in [0.29, 0.717) is 26.2 Å². The summed E-state index contributed by atoms with van der Waals surface area (Å²) in [6.07, 6.45) is 1.03. The molecule has 0 aromatic heterocycles. The van der Waals surface area contributed by atoms with Gasteiger partial charge in [-0.25, -0.2) is 8.42 Å². The van der Waals surface area contributed by atoms with Gasteiger partial charge in [-0.05, 0) is 38.1 Å². The SMILES string of the molecule is CN1CCOC(C(=O)Nc2cc(S(=O)(=O)N3CCCC3)ccc2O)C1. The number of amides is 1. The van der Waals surface area contributed by atoms with Gasteiger partial charge in [0.2, 0.25) is 10.0 Å². The van der Waals surface area contributed by atoms with Gasteiger partial charge in [-0.15, -0.1) is 0 Å². The first-order valence-corrected chi connectivity index (χ1v) is 9.76. The molecule has 2 aliphatic rings. The van der Waals surface area contributed by atoms with E-state index in [-0.39, 0.29) is 16.3 Å². The van der Waals surface area contributed by atoms with Gasteiger partial charge in [0.1, 0.15) is 11.9 Å². The number of nitrogens with one attached hydrogen (secondary N) is 1. The van der Waals surface area contributed by atoms with Gasteiger partial charge in [0.25, 0.3) is 5.91 Å². The van der Waals surface area contributed by atoms with Crippen molar-refractivity contribution >= 4 is 21.6 Å². The van der Waals surface area contributed by atoms with E-state index in [0.717, 1.165) is 19.4 Å². The van der Waals surface area contributed by atoms with Crippen LogP contribution in [-0.4, -0.2) is 74.6 Å². The third-order valence-corrected chi connectivity index (χ3v) is 6.39. The predicted octanol–water partition coefficient (Wildman–Crippen LogP) is 0.446. The predicted molar refractivity (Wildman–Crippen MR) is 92.0 cm³/mol. The number of sulfonamides is 1. The number of benzene rings is 1. The van der Waals surface area contributed by atoms with Gasteiger partial charge in [-0.1, -0.05) is 0 Å². The first-order valence-electron chi connectivity index (χ1n) is 8.32. The highest BCUT2D eigenvalue weighted by molar-refractivity contribution is 7.89. The molecule has 8 nitrogen and oxygen atoms in total. The van der Waals surface area contributed by atoms with Crippen LogP contribution in [0.1, 0.15) is 12.8 Å². The molecule has 2 aliphatic heterocycles. The van der Waals surface area contributed by atoms with E-state index < -0.39 is 22.0 Å². The summed E-state index contributed by atoms with van der Waals surface area (Å²) in [5.74, 6) is -0.588. The number of ether oxygens (including phenoxy) is 1. The van der Waals surface area contributed by atoms with Crippen molar-refractivity contribution in [3.8, 4) is 5.75 Å². The molecule has 1 amide bonds. The number of carbonyl (C=O) groups is 1. The Labute approximate surface area is 147 Å². The molecule has 3 rings (SSSR count). The zero-order chi connectivity index (χ0) is 18.0. The lowest BCUT2D eigenvalue weighted by Gasteiger charge is -2.29. The van der Waals surface area contributed by atoms with E-state index in [1.54, 1.807) is 0 Å². The molecule has 2 fully saturated rings. The van der Waals surface area contributed by atoms with Gasteiger partial charge in [0.15, 0.2) is 0 Å². The summed E-state index contributed by atoms with van der Waals surface area (Å²) < 4.78 is 32.1. The molecule has 1 atom stereocenters. The van der Waals surface area contributed by atoms with Crippen LogP contribution in [0.15, 0.2) is 23.1 Å². The molecule has 138 valence electrons. The average Bonchev–Trinajstić information content (AvgIpc) is 3.12. The zero-order valence-electron chi connectivity index (χ0n) is 14.1. The smallest absolute Gasteiger partial charge is 0.254 e. The van der Waals surface area contributed by atoms with Crippen molar-refractivity contribution in [1.29, 1.82) is 0 Å². The zero-order valence-corrected chi connectivity index (χ0v) is 15.0. The molecule has 9 heteroatoms. The van der Waals surface area contributed by atoms with Crippen molar-refractivity contribution in [2.45, 2.75) is 23.8 Å². The van der Waals surface area contributed by atoms with Crippen LogP contribution in [0.3, 0.4) is 0 Å². The highest BCUT2D eigenvalue weighted by Crippen LogP contribution is 2.29. The van der Waals surface area contributed by atoms with E-state index in [1.165, 1.54) is 22.5 Å². The summed E-state index contributed by atoms with van der Waals surface area (Å²) in [6.45, 7) is 2.63. The van der Waals surface area contributed by atoms with Gasteiger partial charge in [-0.2, -0.15) is 4.31 Å². The van der Waals surface area contributed by atoms with Gasteiger partial charge in [0, 0.05) is 26.2 Å². The number of phenolic OH excluding ortho intramolecular Hbond substituents is 1. The average molecular weight is 369 g/mol. The molecular weight excluding hydrogens is 346 g/mol. The summed E-state index contributed by atoms with van der Waals surface area (Å²) in [4.78, 5) is 14.4. The highest BCUT2D eigenvalue weighted by Gasteiger charge is 2.29. The topological polar surface area (TPSA) is 99.2 Å². The van der Waals surface area contributed by atoms with Gasteiger partial charge in [-0.3, -0.25) is 4.79 Å². The van der Waals surface area contributed by atoms with E-state index in [1.807, 2.05) is 11.9 Å². The van der Waals surface area contributed by atoms with E-state index in [4.69, 9.17) is 4.74 Å². The maximum Gasteiger partial charge on any atom is 0.254 e. The van der Waals surface area contributed by atoms with Gasteiger partial charge in [0.05, 0.1) is 17.2 Å². The fourth-order valence-electron chi connectivity index (χ4n) is 3.00. The second-order valence-corrected chi connectivity index (χ2v) is 8.34. The minimum Gasteiger partial charge on any atom is -0.506 e. The molecule has 2 N–H and O–H groups in total. The first kappa shape index (κ1) is 18.1. The van der Waals surface area contributed by atoms with Crippen molar-refractivity contribution in [2.24, 2.45) is 0 Å². The molecule has 1 unspecified atom stereocenters. The Morgan fingerprint density at radius 3 is 2.68 bits per heavy atom. The number of carbonyl (C=O) groups excluding carboxylic acids is 1. The van der Waals surface area contributed by atoms with Crippen LogP contribution in [0.2, 0.25) is 0 Å². The number of morpholine rings is 1. The van der Waals surface area contributed by atoms with Crippen molar-refractivity contribution in [3.63, 3.8) is 0 Å². The summed E-state index contributed by atoms with van der Waals surface area (Å²) >= 11 is 0. The number of nitrogens with zero attached hydrogens (tertiary/aromatic N) is 2. The molecule has 0 radical (unpaired) electrons. The number of likely N-dealkylation sites (N-methyl/N-ethyl adjacent to an activating group) is 1. The number of hydrogen-bond donors (Lipinski definition) is 2. The van der Waals surface area contributed by atoms with E-state index in [9.17, 15) is 18.3 Å². The normalized spacial score (nSPS) is 22.8. The van der Waals surface area contributed by atoms with E-state index in [2.05, 4.69) is 5.32 Å². The summed E-state index contributed by atoms with van der Waals surface area (Å²) in [7, 11) is -1.72. The van der Waals surface area contributed by atoms with Crippen molar-refractivity contribution in [2.75, 3.05) is 45.2 Å². The Hall–Kier alpha value is -1.68. The van der Waals surface area contributed by atoms with Gasteiger partial charge >= 0.3 is 0 Å². The molecule has 25 heavy (non-hydrogen) atoms. The Kier molecular flexibility index (Phi) is 5.28. The number of aromatic hydroxyl groups is 1. The molecule has 0 bridgehead atoms. The van der Waals surface area contributed by atoms with Crippen LogP contribution >= 0.6 is 0 Å².